The predicted molar refractivity (Wildman–Crippen MR) is 105 cm³/mol. The first-order valence-corrected chi connectivity index (χ1v) is 10.1. The van der Waals surface area contributed by atoms with Crippen LogP contribution in [0.5, 0.6) is 0 Å². The minimum atomic E-state index is -3.70. The monoisotopic (exact) mass is 420 g/mol. The van der Waals surface area contributed by atoms with Crippen LogP contribution in [0.15, 0.2) is 66.1 Å². The van der Waals surface area contributed by atoms with Crippen molar-refractivity contribution in [1.29, 1.82) is 0 Å². The van der Waals surface area contributed by atoms with Crippen molar-refractivity contribution in [3.63, 3.8) is 0 Å². The Bertz CT molecular complexity index is 973. The van der Waals surface area contributed by atoms with Gasteiger partial charge in [0.25, 0.3) is 5.91 Å². The van der Waals surface area contributed by atoms with Crippen molar-refractivity contribution in [3.05, 3.63) is 78.1 Å². The first-order chi connectivity index (χ1) is 13.7. The van der Waals surface area contributed by atoms with Crippen LogP contribution in [0.1, 0.15) is 22.8 Å². The molecule has 0 aromatic heterocycles. The van der Waals surface area contributed by atoms with Gasteiger partial charge in [0, 0.05) is 13.1 Å². The van der Waals surface area contributed by atoms with Gasteiger partial charge in [-0.05, 0) is 48.9 Å². The summed E-state index contributed by atoms with van der Waals surface area (Å²) in [5.41, 5.74) is 0.797. The molecule has 2 aromatic rings. The molecule has 0 heterocycles. The van der Waals surface area contributed by atoms with Gasteiger partial charge < -0.3 is 10.1 Å². The maximum absolute atomic E-state index is 12.9. The number of carbonyl (C=O) groups excluding carboxylic acids is 2. The van der Waals surface area contributed by atoms with Gasteiger partial charge in [0.05, 0.1) is 10.5 Å². The zero-order valence-corrected chi connectivity index (χ0v) is 16.5. The fraction of sp³-hybridized carbons (Fsp3) is 0.200. The third-order valence-electron chi connectivity index (χ3n) is 3.85. The molecule has 0 radical (unpaired) electrons. The molecule has 9 heteroatoms. The molecule has 2 N–H and O–H groups in total. The molecule has 0 saturated heterocycles. The summed E-state index contributed by atoms with van der Waals surface area (Å²) >= 11 is 0. The van der Waals surface area contributed by atoms with Crippen molar-refractivity contribution in [2.45, 2.75) is 24.5 Å². The molecule has 2 rings (SSSR count). The molecule has 7 nitrogen and oxygen atoms in total. The Kier molecular flexibility index (Phi) is 7.63. The summed E-state index contributed by atoms with van der Waals surface area (Å²) in [4.78, 5) is 24.2. The fourth-order valence-corrected chi connectivity index (χ4v) is 3.24. The first kappa shape index (κ1) is 22.3. The van der Waals surface area contributed by atoms with Gasteiger partial charge in [-0.15, -0.1) is 6.58 Å². The van der Waals surface area contributed by atoms with E-state index in [9.17, 15) is 22.4 Å². The topological polar surface area (TPSA) is 102 Å². The summed E-state index contributed by atoms with van der Waals surface area (Å²) in [6.45, 7) is 5.09. The number of hydrogen-bond donors (Lipinski definition) is 2. The summed E-state index contributed by atoms with van der Waals surface area (Å²) in [7, 11) is -3.70. The number of sulfonamides is 1. The fourth-order valence-electron chi connectivity index (χ4n) is 2.24. The molecule has 154 valence electrons. The summed E-state index contributed by atoms with van der Waals surface area (Å²) in [6.07, 6.45) is 0.340. The van der Waals surface area contributed by atoms with Gasteiger partial charge in [-0.3, -0.25) is 4.79 Å². The van der Waals surface area contributed by atoms with E-state index in [2.05, 4.69) is 16.6 Å². The van der Waals surface area contributed by atoms with Crippen LogP contribution in [0.2, 0.25) is 0 Å². The molecule has 0 aliphatic carbocycles. The second-order valence-electron chi connectivity index (χ2n) is 6.06. The van der Waals surface area contributed by atoms with Gasteiger partial charge >= 0.3 is 5.97 Å². The van der Waals surface area contributed by atoms with E-state index in [4.69, 9.17) is 4.74 Å². The molecule has 0 saturated carbocycles. The minimum absolute atomic E-state index is 0.0130. The van der Waals surface area contributed by atoms with E-state index in [0.29, 0.717) is 5.56 Å². The largest absolute Gasteiger partial charge is 0.449 e. The average Bonchev–Trinajstić information content (AvgIpc) is 2.71. The molecule has 0 aliphatic rings. The van der Waals surface area contributed by atoms with E-state index in [1.165, 1.54) is 61.5 Å². The summed E-state index contributed by atoms with van der Waals surface area (Å²) < 4.78 is 44.3. The predicted octanol–water partition coefficient (Wildman–Crippen LogP) is 2.15. The Hall–Kier alpha value is -3.04. The Morgan fingerprint density at radius 2 is 1.76 bits per heavy atom. The molecule has 0 bridgehead atoms. The third kappa shape index (κ3) is 6.51. The van der Waals surface area contributed by atoms with Crippen molar-refractivity contribution < 1.29 is 27.1 Å². The zero-order chi connectivity index (χ0) is 21.4. The summed E-state index contributed by atoms with van der Waals surface area (Å²) in [5, 5.41) is 2.59. The van der Waals surface area contributed by atoms with Crippen LogP contribution in [-0.2, 0) is 26.1 Å². The number of halogens is 1. The number of ether oxygens (including phenoxy) is 1. The van der Waals surface area contributed by atoms with Gasteiger partial charge in [0.15, 0.2) is 6.10 Å². The van der Waals surface area contributed by atoms with Crippen LogP contribution in [0.25, 0.3) is 0 Å². The first-order valence-electron chi connectivity index (χ1n) is 8.66. The van der Waals surface area contributed by atoms with Gasteiger partial charge in [0.2, 0.25) is 10.0 Å². The van der Waals surface area contributed by atoms with E-state index in [-0.39, 0.29) is 29.4 Å². The number of rotatable bonds is 9. The van der Waals surface area contributed by atoms with Crippen molar-refractivity contribution in [2.24, 2.45) is 0 Å². The normalized spacial score (nSPS) is 12.1. The summed E-state index contributed by atoms with van der Waals surface area (Å²) in [6, 6.07) is 10.8. The van der Waals surface area contributed by atoms with Crippen LogP contribution in [-0.4, -0.2) is 32.9 Å². The highest BCUT2D eigenvalue weighted by molar-refractivity contribution is 7.89. The van der Waals surface area contributed by atoms with Crippen LogP contribution in [0, 0.1) is 5.82 Å². The highest BCUT2D eigenvalue weighted by atomic mass is 32.2. The highest BCUT2D eigenvalue weighted by Crippen LogP contribution is 2.12. The van der Waals surface area contributed by atoms with Gasteiger partial charge in [-0.25, -0.2) is 22.3 Å². The lowest BCUT2D eigenvalue weighted by Gasteiger charge is -2.14. The average molecular weight is 420 g/mol. The molecule has 0 fully saturated rings. The second kappa shape index (κ2) is 9.94. The molecule has 29 heavy (non-hydrogen) atoms. The number of hydrogen-bond acceptors (Lipinski definition) is 5. The molecule has 1 atom stereocenters. The number of nitrogens with one attached hydrogen (secondary N) is 2. The van der Waals surface area contributed by atoms with Gasteiger partial charge in [-0.2, -0.15) is 0 Å². The van der Waals surface area contributed by atoms with Crippen LogP contribution in [0.3, 0.4) is 0 Å². The SMILES string of the molecule is C=CCNS(=O)(=O)c1ccc(C(=O)O[C@@H](C)C(=O)NCc2ccc(F)cc2)cc1. The maximum Gasteiger partial charge on any atom is 0.338 e. The molecule has 0 unspecified atom stereocenters. The van der Waals surface area contributed by atoms with Crippen molar-refractivity contribution in [3.8, 4) is 0 Å². The standard InChI is InChI=1S/C20H21FN2O5S/c1-3-12-23-29(26,27)18-10-6-16(7-11-18)20(25)28-14(2)19(24)22-13-15-4-8-17(21)9-5-15/h3-11,14,23H,1,12-13H2,2H3,(H,22,24)/t14-/m0/s1. The Morgan fingerprint density at radius 3 is 2.34 bits per heavy atom. The van der Waals surface area contributed by atoms with E-state index >= 15 is 0 Å². The zero-order valence-electron chi connectivity index (χ0n) is 15.7. The van der Waals surface area contributed by atoms with E-state index in [1.807, 2.05) is 0 Å². The molecule has 2 aromatic carbocycles. The quantitative estimate of drug-likeness (QED) is 0.478. The number of esters is 1. The molecule has 0 aliphatic heterocycles. The van der Waals surface area contributed by atoms with Crippen LogP contribution < -0.4 is 10.0 Å². The van der Waals surface area contributed by atoms with Gasteiger partial charge in [-0.1, -0.05) is 18.2 Å². The molecule has 0 spiro atoms. The van der Waals surface area contributed by atoms with Crippen molar-refractivity contribution >= 4 is 21.9 Å². The van der Waals surface area contributed by atoms with Crippen LogP contribution >= 0.6 is 0 Å². The van der Waals surface area contributed by atoms with E-state index < -0.39 is 28.0 Å². The van der Waals surface area contributed by atoms with Crippen molar-refractivity contribution in [2.75, 3.05) is 6.54 Å². The lowest BCUT2D eigenvalue weighted by molar-refractivity contribution is -0.129. The lowest BCUT2D eigenvalue weighted by atomic mass is 10.2. The second-order valence-corrected chi connectivity index (χ2v) is 7.82. The maximum atomic E-state index is 12.9. The Labute approximate surface area is 168 Å². The van der Waals surface area contributed by atoms with E-state index in [1.54, 1.807) is 0 Å². The van der Waals surface area contributed by atoms with Crippen LogP contribution in [0.4, 0.5) is 4.39 Å². The third-order valence-corrected chi connectivity index (χ3v) is 5.29. The van der Waals surface area contributed by atoms with Gasteiger partial charge in [0.1, 0.15) is 5.82 Å². The minimum Gasteiger partial charge on any atom is -0.449 e. The number of amides is 1. The molecule has 1 amide bonds. The number of carbonyl (C=O) groups is 2. The molecular weight excluding hydrogens is 399 g/mol. The Morgan fingerprint density at radius 1 is 1.14 bits per heavy atom. The Balaban J connectivity index is 1.92. The van der Waals surface area contributed by atoms with Crippen molar-refractivity contribution in [1.82, 2.24) is 10.0 Å². The highest BCUT2D eigenvalue weighted by Gasteiger charge is 2.20. The van der Waals surface area contributed by atoms with E-state index in [0.717, 1.165) is 0 Å². The smallest absolute Gasteiger partial charge is 0.338 e. The molecular formula is C20H21FN2O5S. The number of benzene rings is 2. The summed E-state index contributed by atoms with van der Waals surface area (Å²) in [5.74, 6) is -1.66. The lowest BCUT2D eigenvalue weighted by Crippen LogP contribution is -2.35.